The largest absolute Gasteiger partial charge is 0.506 e. The van der Waals surface area contributed by atoms with Gasteiger partial charge in [0.15, 0.2) is 0 Å². The highest BCUT2D eigenvalue weighted by atomic mass is 19.1. The number of nitrogens with two attached hydrogens (primary N) is 2. The maximum Gasteiger partial charge on any atom is 0.506 e. The number of aromatic nitrogens is 2. The Kier molecular flexibility index (Phi) is 8.61. The van der Waals surface area contributed by atoms with Crippen molar-refractivity contribution in [3.63, 3.8) is 0 Å². The van der Waals surface area contributed by atoms with Gasteiger partial charge in [0.1, 0.15) is 19.0 Å². The highest BCUT2D eigenvalue weighted by Crippen LogP contribution is 2.41. The molecule has 0 saturated carbocycles. The van der Waals surface area contributed by atoms with Gasteiger partial charge in [-0.1, -0.05) is 13.3 Å². The van der Waals surface area contributed by atoms with Crippen LogP contribution < -0.4 is 17.0 Å². The summed E-state index contributed by atoms with van der Waals surface area (Å²) in [6.45, 7) is 4.73. The van der Waals surface area contributed by atoms with Gasteiger partial charge in [-0.25, -0.2) is 14.2 Å². The van der Waals surface area contributed by atoms with Gasteiger partial charge in [0, 0.05) is 23.6 Å². The maximum atomic E-state index is 14.6. The normalized spacial score (nSPS) is 12.9. The number of nitrogens with zero attached hydrogens (tertiary/aromatic N) is 2. The number of pyridine rings is 2. The summed E-state index contributed by atoms with van der Waals surface area (Å²) in [6.07, 6.45) is 2.68. The van der Waals surface area contributed by atoms with Gasteiger partial charge in [0.2, 0.25) is 5.91 Å². The first-order valence-corrected chi connectivity index (χ1v) is 13.0. The number of primary amides is 1. The molecule has 208 valence electrons. The minimum absolute atomic E-state index is 0.0306. The lowest BCUT2D eigenvalue weighted by Crippen LogP contribution is -2.26. The van der Waals surface area contributed by atoms with Crippen molar-refractivity contribution >= 4 is 23.0 Å². The molecule has 1 amide bonds. The van der Waals surface area contributed by atoms with E-state index in [-0.39, 0.29) is 24.6 Å². The third kappa shape index (κ3) is 5.64. The van der Waals surface area contributed by atoms with Crippen LogP contribution in [-0.4, -0.2) is 46.5 Å². The summed E-state index contributed by atoms with van der Waals surface area (Å²) in [4.78, 5) is 39.0. The molecular formula is C28H33FN4O6. The van der Waals surface area contributed by atoms with Crippen molar-refractivity contribution in [2.75, 3.05) is 19.8 Å². The molecule has 0 unspecified atom stereocenters. The third-order valence-electron chi connectivity index (χ3n) is 7.09. The van der Waals surface area contributed by atoms with Crippen LogP contribution >= 0.6 is 0 Å². The topological polar surface area (TPSA) is 160 Å². The predicted molar refractivity (Wildman–Crippen MR) is 143 cm³/mol. The van der Waals surface area contributed by atoms with Gasteiger partial charge in [0.05, 0.1) is 35.6 Å². The van der Waals surface area contributed by atoms with Crippen LogP contribution in [0.3, 0.4) is 0 Å². The number of halogens is 1. The molecule has 0 spiro atoms. The molecule has 5 rings (SSSR count). The standard InChI is InChI=1S/C24H23FN2O4.C4H10N2O2/c1-3-5-13-8-20-22-16(10-27(20)23(28)17(13)11-31-24(29)30)15-7-4-6-14-12(2)18(25)9-19(26-22)21(14)15;5-1-2-8-3-4(6)7/h8-9H,3-7,10-11H2,1-2H3,(H,29,30);1-3,5H2,(H2,6,7). The first-order chi connectivity index (χ1) is 18.7. The Labute approximate surface area is 224 Å². The summed E-state index contributed by atoms with van der Waals surface area (Å²) in [5.41, 5.74) is 16.7. The molecule has 11 heteroatoms. The number of aryl methyl sites for hydroxylation is 3. The Balaban J connectivity index is 0.000000386. The minimum atomic E-state index is -1.40. The first kappa shape index (κ1) is 28.2. The molecule has 0 saturated heterocycles. The van der Waals surface area contributed by atoms with E-state index in [1.807, 2.05) is 19.9 Å². The van der Waals surface area contributed by atoms with Gasteiger partial charge < -0.3 is 30.6 Å². The van der Waals surface area contributed by atoms with Crippen molar-refractivity contribution in [1.29, 1.82) is 0 Å². The summed E-state index contributed by atoms with van der Waals surface area (Å²) in [7, 11) is 0. The van der Waals surface area contributed by atoms with Crippen LogP contribution in [0, 0.1) is 12.7 Å². The zero-order valence-corrected chi connectivity index (χ0v) is 22.1. The molecule has 3 aromatic rings. The monoisotopic (exact) mass is 540 g/mol. The average Bonchev–Trinajstić information content (AvgIpc) is 3.26. The molecule has 0 fully saturated rings. The quantitative estimate of drug-likeness (QED) is 0.227. The summed E-state index contributed by atoms with van der Waals surface area (Å²) < 4.78 is 25.6. The fraction of sp³-hybridized carbons (Fsp3) is 0.429. The molecule has 0 atom stereocenters. The minimum Gasteiger partial charge on any atom is -0.450 e. The van der Waals surface area contributed by atoms with Crippen LogP contribution in [0.25, 0.3) is 22.3 Å². The van der Waals surface area contributed by atoms with Crippen molar-refractivity contribution in [2.24, 2.45) is 11.5 Å². The lowest BCUT2D eigenvalue weighted by atomic mass is 9.85. The number of carbonyl (C=O) groups excluding carboxylic acids is 1. The molecule has 3 heterocycles. The molecule has 1 aliphatic heterocycles. The molecular weight excluding hydrogens is 507 g/mol. The molecule has 1 aromatic carbocycles. The zero-order chi connectivity index (χ0) is 28.3. The average molecular weight is 541 g/mol. The first-order valence-electron chi connectivity index (χ1n) is 13.0. The van der Waals surface area contributed by atoms with Crippen LogP contribution in [0.5, 0.6) is 0 Å². The number of ether oxygens (including phenoxy) is 2. The number of benzene rings is 1. The van der Waals surface area contributed by atoms with Crippen LogP contribution in [0.2, 0.25) is 0 Å². The van der Waals surface area contributed by atoms with Gasteiger partial charge in [0.25, 0.3) is 5.56 Å². The Morgan fingerprint density at radius 2 is 1.95 bits per heavy atom. The Bertz CT molecular complexity index is 1500. The summed E-state index contributed by atoms with van der Waals surface area (Å²) in [5.74, 6) is -0.704. The number of fused-ring (bicyclic) bond motifs is 4. The highest BCUT2D eigenvalue weighted by Gasteiger charge is 2.30. The van der Waals surface area contributed by atoms with E-state index in [1.54, 1.807) is 4.57 Å². The van der Waals surface area contributed by atoms with Crippen LogP contribution in [0.4, 0.5) is 9.18 Å². The van der Waals surface area contributed by atoms with Crippen molar-refractivity contribution in [3.8, 4) is 11.4 Å². The number of amides is 1. The SMILES string of the molecule is CCCc1cc2n(c(=O)c1COC(=O)O)Cc1c-2nc2cc(F)c(C)c3c2c1CCC3.NCCOCC(N)=O. The second-order valence-corrected chi connectivity index (χ2v) is 9.66. The summed E-state index contributed by atoms with van der Waals surface area (Å²) >= 11 is 0. The zero-order valence-electron chi connectivity index (χ0n) is 22.1. The van der Waals surface area contributed by atoms with Crippen LogP contribution in [-0.2, 0) is 46.7 Å². The Hall–Kier alpha value is -3.83. The predicted octanol–water partition coefficient (Wildman–Crippen LogP) is 2.96. The van der Waals surface area contributed by atoms with E-state index >= 15 is 0 Å². The lowest BCUT2D eigenvalue weighted by molar-refractivity contribution is -0.122. The summed E-state index contributed by atoms with van der Waals surface area (Å²) in [5, 5.41) is 9.94. The second-order valence-electron chi connectivity index (χ2n) is 9.66. The van der Waals surface area contributed by atoms with Crippen molar-refractivity contribution < 1.29 is 28.6 Å². The van der Waals surface area contributed by atoms with Gasteiger partial charge in [-0.15, -0.1) is 0 Å². The lowest BCUT2D eigenvalue weighted by Gasteiger charge is -2.21. The number of carbonyl (C=O) groups is 2. The molecule has 1 aliphatic carbocycles. The summed E-state index contributed by atoms with van der Waals surface area (Å²) in [6, 6.07) is 3.43. The molecule has 2 aliphatic rings. The van der Waals surface area contributed by atoms with Crippen LogP contribution in [0.1, 0.15) is 53.1 Å². The third-order valence-corrected chi connectivity index (χ3v) is 7.09. The van der Waals surface area contributed by atoms with E-state index in [0.29, 0.717) is 48.5 Å². The fourth-order valence-electron chi connectivity index (χ4n) is 5.39. The van der Waals surface area contributed by atoms with Gasteiger partial charge >= 0.3 is 6.16 Å². The molecule has 39 heavy (non-hydrogen) atoms. The molecule has 10 nitrogen and oxygen atoms in total. The van der Waals surface area contributed by atoms with Gasteiger partial charge in [-0.2, -0.15) is 0 Å². The second kappa shape index (κ2) is 11.9. The van der Waals surface area contributed by atoms with E-state index in [1.165, 1.54) is 6.07 Å². The van der Waals surface area contributed by atoms with E-state index in [9.17, 15) is 18.8 Å². The van der Waals surface area contributed by atoms with Crippen molar-refractivity contribution in [2.45, 2.75) is 59.1 Å². The van der Waals surface area contributed by atoms with E-state index < -0.39 is 12.1 Å². The van der Waals surface area contributed by atoms with Crippen molar-refractivity contribution in [1.82, 2.24) is 9.55 Å². The molecule has 0 radical (unpaired) electrons. The molecule has 2 aromatic heterocycles. The van der Waals surface area contributed by atoms with Gasteiger partial charge in [-0.05, 0) is 60.9 Å². The number of carboxylic acid groups (broad SMARTS) is 1. The van der Waals surface area contributed by atoms with E-state index in [2.05, 4.69) is 4.74 Å². The Morgan fingerprint density at radius 1 is 1.21 bits per heavy atom. The smallest absolute Gasteiger partial charge is 0.450 e. The number of hydrogen-bond donors (Lipinski definition) is 3. The Morgan fingerprint density at radius 3 is 2.62 bits per heavy atom. The highest BCUT2D eigenvalue weighted by molar-refractivity contribution is 5.92. The van der Waals surface area contributed by atoms with Crippen LogP contribution in [0.15, 0.2) is 16.9 Å². The van der Waals surface area contributed by atoms with Crippen molar-refractivity contribution in [3.05, 3.63) is 61.7 Å². The number of rotatable bonds is 8. The number of hydrogen-bond acceptors (Lipinski definition) is 7. The van der Waals surface area contributed by atoms with E-state index in [4.69, 9.17) is 26.3 Å². The maximum absolute atomic E-state index is 14.6. The molecule has 5 N–H and O–H groups in total. The fourth-order valence-corrected chi connectivity index (χ4v) is 5.39. The van der Waals surface area contributed by atoms with Gasteiger partial charge in [-0.3, -0.25) is 9.59 Å². The molecule has 0 bridgehead atoms. The van der Waals surface area contributed by atoms with E-state index in [0.717, 1.165) is 59.0 Å².